The minimum atomic E-state index is -0.0340. The minimum absolute atomic E-state index is 0.0340. The van der Waals surface area contributed by atoms with Crippen molar-refractivity contribution in [1.29, 1.82) is 5.41 Å². The number of thiazole rings is 1. The van der Waals surface area contributed by atoms with Crippen molar-refractivity contribution in [3.8, 4) is 0 Å². The van der Waals surface area contributed by atoms with Crippen LogP contribution in [-0.4, -0.2) is 10.9 Å². The summed E-state index contributed by atoms with van der Waals surface area (Å²) in [6.07, 6.45) is 5.94. The highest BCUT2D eigenvalue weighted by Crippen LogP contribution is 2.43. The molecule has 0 fully saturated rings. The smallest absolute Gasteiger partial charge is 0.192 e. The van der Waals surface area contributed by atoms with Crippen molar-refractivity contribution in [3.05, 3.63) is 10.6 Å². The molecule has 0 amide bonds. The maximum Gasteiger partial charge on any atom is 0.192 e. The van der Waals surface area contributed by atoms with Crippen LogP contribution in [0.2, 0.25) is 0 Å². The van der Waals surface area contributed by atoms with Gasteiger partial charge in [0.1, 0.15) is 0 Å². The van der Waals surface area contributed by atoms with Gasteiger partial charge in [0, 0.05) is 10.3 Å². The SMILES string of the molecule is CCCC1(C)CCCc2sc(NC(=N)N)nc21. The van der Waals surface area contributed by atoms with Crippen molar-refractivity contribution < 1.29 is 0 Å². The van der Waals surface area contributed by atoms with Crippen LogP contribution in [0.3, 0.4) is 0 Å². The topological polar surface area (TPSA) is 74.8 Å². The Morgan fingerprint density at radius 3 is 3.06 bits per heavy atom. The Labute approximate surface area is 106 Å². The monoisotopic (exact) mass is 252 g/mol. The van der Waals surface area contributed by atoms with E-state index in [1.165, 1.54) is 36.3 Å². The van der Waals surface area contributed by atoms with Gasteiger partial charge in [0.25, 0.3) is 0 Å². The fraction of sp³-hybridized carbons (Fsp3) is 0.667. The lowest BCUT2D eigenvalue weighted by Gasteiger charge is -2.32. The van der Waals surface area contributed by atoms with Gasteiger partial charge in [0.05, 0.1) is 5.69 Å². The van der Waals surface area contributed by atoms with Crippen molar-refractivity contribution in [2.24, 2.45) is 5.73 Å². The molecule has 5 heteroatoms. The van der Waals surface area contributed by atoms with Gasteiger partial charge in [0.15, 0.2) is 11.1 Å². The summed E-state index contributed by atoms with van der Waals surface area (Å²) >= 11 is 1.65. The van der Waals surface area contributed by atoms with Gasteiger partial charge in [-0.1, -0.05) is 20.3 Å². The van der Waals surface area contributed by atoms with Crippen LogP contribution in [0.25, 0.3) is 0 Å². The number of fused-ring (bicyclic) bond motifs is 1. The highest BCUT2D eigenvalue weighted by atomic mass is 32.1. The molecule has 0 bridgehead atoms. The fourth-order valence-electron chi connectivity index (χ4n) is 2.71. The van der Waals surface area contributed by atoms with Crippen LogP contribution in [0.1, 0.15) is 50.1 Å². The third-order valence-corrected chi connectivity index (χ3v) is 4.48. The summed E-state index contributed by atoms with van der Waals surface area (Å²) in [5, 5.41) is 10.8. The molecule has 1 atom stereocenters. The third-order valence-electron chi connectivity index (χ3n) is 3.44. The first kappa shape index (κ1) is 12.4. The summed E-state index contributed by atoms with van der Waals surface area (Å²) in [5.74, 6) is -0.0340. The van der Waals surface area contributed by atoms with E-state index in [0.29, 0.717) is 0 Å². The van der Waals surface area contributed by atoms with Crippen LogP contribution in [0.15, 0.2) is 0 Å². The van der Waals surface area contributed by atoms with Gasteiger partial charge < -0.3 is 11.1 Å². The number of nitrogens with one attached hydrogen (secondary N) is 2. The zero-order valence-electron chi connectivity index (χ0n) is 10.5. The van der Waals surface area contributed by atoms with E-state index < -0.39 is 0 Å². The number of hydrogen-bond donors (Lipinski definition) is 3. The van der Waals surface area contributed by atoms with Crippen molar-refractivity contribution >= 4 is 22.4 Å². The Hall–Kier alpha value is -1.10. The Kier molecular flexibility index (Phi) is 3.38. The summed E-state index contributed by atoms with van der Waals surface area (Å²) in [5.41, 5.74) is 6.80. The molecule has 4 nitrogen and oxygen atoms in total. The molecule has 1 unspecified atom stereocenters. The first-order valence-corrected chi connectivity index (χ1v) is 6.98. The average Bonchev–Trinajstić information content (AvgIpc) is 2.61. The number of aryl methyl sites for hydroxylation is 1. The number of nitrogens with zero attached hydrogens (tertiary/aromatic N) is 1. The van der Waals surface area contributed by atoms with E-state index in [0.717, 1.165) is 11.6 Å². The zero-order chi connectivity index (χ0) is 12.5. The normalized spacial score (nSPS) is 23.2. The standard InChI is InChI=1S/C12H20N4S/c1-3-6-12(2)7-4-5-8-9(12)15-11(17-8)16-10(13)14/h3-7H2,1-2H3,(H4,13,14,15,16). The number of guanidine groups is 1. The number of hydrogen-bond acceptors (Lipinski definition) is 3. The van der Waals surface area contributed by atoms with E-state index >= 15 is 0 Å². The Morgan fingerprint density at radius 2 is 2.41 bits per heavy atom. The quantitative estimate of drug-likeness (QED) is 0.572. The lowest BCUT2D eigenvalue weighted by molar-refractivity contribution is 0.357. The molecule has 0 saturated heterocycles. The van der Waals surface area contributed by atoms with Crippen LogP contribution in [-0.2, 0) is 11.8 Å². The zero-order valence-corrected chi connectivity index (χ0v) is 11.3. The van der Waals surface area contributed by atoms with E-state index in [1.54, 1.807) is 11.3 Å². The van der Waals surface area contributed by atoms with Gasteiger partial charge >= 0.3 is 0 Å². The highest BCUT2D eigenvalue weighted by Gasteiger charge is 2.34. The second-order valence-corrected chi connectivity index (χ2v) is 6.08. The Morgan fingerprint density at radius 1 is 1.65 bits per heavy atom. The van der Waals surface area contributed by atoms with Gasteiger partial charge in [-0.3, -0.25) is 5.41 Å². The average molecular weight is 252 g/mol. The third kappa shape index (κ3) is 2.44. The summed E-state index contributed by atoms with van der Waals surface area (Å²) in [7, 11) is 0. The molecule has 0 saturated carbocycles. The van der Waals surface area contributed by atoms with E-state index in [2.05, 4.69) is 24.1 Å². The predicted octanol–water partition coefficient (Wildman–Crippen LogP) is 2.84. The first-order chi connectivity index (χ1) is 8.05. The summed E-state index contributed by atoms with van der Waals surface area (Å²) in [4.78, 5) is 6.02. The van der Waals surface area contributed by atoms with Crippen LogP contribution in [0.4, 0.5) is 5.13 Å². The first-order valence-electron chi connectivity index (χ1n) is 6.16. The summed E-state index contributed by atoms with van der Waals surface area (Å²) in [6, 6.07) is 0. The number of nitrogens with two attached hydrogens (primary N) is 1. The molecule has 2 rings (SSSR count). The second kappa shape index (κ2) is 4.64. The predicted molar refractivity (Wildman–Crippen MR) is 72.8 cm³/mol. The molecule has 1 aromatic heterocycles. The van der Waals surface area contributed by atoms with E-state index in [1.807, 2.05) is 0 Å². The molecular formula is C12H20N4S. The van der Waals surface area contributed by atoms with Crippen LogP contribution in [0.5, 0.6) is 0 Å². The number of anilines is 1. The fourth-order valence-corrected chi connectivity index (χ4v) is 3.88. The van der Waals surface area contributed by atoms with Crippen molar-refractivity contribution in [2.75, 3.05) is 5.32 Å². The van der Waals surface area contributed by atoms with E-state index in [4.69, 9.17) is 11.1 Å². The van der Waals surface area contributed by atoms with Gasteiger partial charge in [-0.05, 0) is 25.7 Å². The maximum absolute atomic E-state index is 7.25. The lowest BCUT2D eigenvalue weighted by atomic mass is 9.74. The molecule has 94 valence electrons. The molecular weight excluding hydrogens is 232 g/mol. The van der Waals surface area contributed by atoms with Crippen LogP contribution in [0, 0.1) is 5.41 Å². The molecule has 0 aliphatic heterocycles. The largest absolute Gasteiger partial charge is 0.370 e. The number of rotatable bonds is 3. The molecule has 17 heavy (non-hydrogen) atoms. The summed E-state index contributed by atoms with van der Waals surface area (Å²) < 4.78 is 0. The summed E-state index contributed by atoms with van der Waals surface area (Å²) in [6.45, 7) is 4.53. The van der Waals surface area contributed by atoms with Gasteiger partial charge in [0.2, 0.25) is 0 Å². The van der Waals surface area contributed by atoms with E-state index in [-0.39, 0.29) is 11.4 Å². The van der Waals surface area contributed by atoms with Gasteiger partial charge in [-0.15, -0.1) is 11.3 Å². The second-order valence-electron chi connectivity index (χ2n) is 4.99. The van der Waals surface area contributed by atoms with Crippen molar-refractivity contribution in [2.45, 2.75) is 51.4 Å². The van der Waals surface area contributed by atoms with Gasteiger partial charge in [-0.25, -0.2) is 4.98 Å². The van der Waals surface area contributed by atoms with E-state index in [9.17, 15) is 0 Å². The molecule has 1 aromatic rings. The Bertz CT molecular complexity index is 426. The molecule has 0 radical (unpaired) electrons. The van der Waals surface area contributed by atoms with Crippen LogP contribution >= 0.6 is 11.3 Å². The molecule has 1 aliphatic carbocycles. The van der Waals surface area contributed by atoms with Crippen LogP contribution < -0.4 is 11.1 Å². The minimum Gasteiger partial charge on any atom is -0.370 e. The van der Waals surface area contributed by atoms with Crippen molar-refractivity contribution in [1.82, 2.24) is 4.98 Å². The number of aromatic nitrogens is 1. The van der Waals surface area contributed by atoms with Crippen molar-refractivity contribution in [3.63, 3.8) is 0 Å². The molecule has 4 N–H and O–H groups in total. The molecule has 1 heterocycles. The molecule has 1 aliphatic rings. The van der Waals surface area contributed by atoms with Gasteiger partial charge in [-0.2, -0.15) is 0 Å². The molecule has 0 aromatic carbocycles. The molecule has 0 spiro atoms. The maximum atomic E-state index is 7.25. The Balaban J connectivity index is 2.31. The lowest BCUT2D eigenvalue weighted by Crippen LogP contribution is -2.27. The highest BCUT2D eigenvalue weighted by molar-refractivity contribution is 7.15.